The summed E-state index contributed by atoms with van der Waals surface area (Å²) in [6.45, 7) is 11.9. The Morgan fingerprint density at radius 1 is 1.29 bits per heavy atom. The average molecular weight is 545 g/mol. The van der Waals surface area contributed by atoms with E-state index in [1.54, 1.807) is 53.8 Å². The van der Waals surface area contributed by atoms with Crippen LogP contribution < -0.4 is 9.64 Å². The molecule has 3 saturated heterocycles. The van der Waals surface area contributed by atoms with E-state index in [9.17, 15) is 19.5 Å². The van der Waals surface area contributed by atoms with E-state index in [4.69, 9.17) is 9.47 Å². The molecular weight excluding hydrogens is 504 g/mol. The number of benzene rings is 1. The molecule has 1 aromatic carbocycles. The highest BCUT2D eigenvalue weighted by Crippen LogP contribution is 2.72. The number of anilines is 1. The maximum atomic E-state index is 14.7. The van der Waals surface area contributed by atoms with Crippen molar-refractivity contribution in [2.75, 3.05) is 31.8 Å². The Morgan fingerprint density at radius 2 is 1.97 bits per heavy atom. The molecule has 3 aliphatic heterocycles. The third-order valence-corrected chi connectivity index (χ3v) is 10.8. The van der Waals surface area contributed by atoms with Gasteiger partial charge in [0.15, 0.2) is 0 Å². The second-order valence-electron chi connectivity index (χ2n) is 10.8. The Balaban J connectivity index is 1.85. The topological polar surface area (TPSA) is 96.4 Å². The lowest BCUT2D eigenvalue weighted by molar-refractivity contribution is -0.155. The quantitative estimate of drug-likeness (QED) is 0.335. The monoisotopic (exact) mass is 544 g/mol. The molecule has 2 unspecified atom stereocenters. The van der Waals surface area contributed by atoms with Crippen LogP contribution in [0.25, 0.3) is 0 Å². The highest BCUT2D eigenvalue weighted by molar-refractivity contribution is 8.02. The van der Waals surface area contributed by atoms with E-state index in [2.05, 4.69) is 6.58 Å². The predicted molar refractivity (Wildman–Crippen MR) is 148 cm³/mol. The molecule has 1 N–H and O–H groups in total. The molecule has 0 aromatic heterocycles. The molecule has 0 aliphatic carbocycles. The van der Waals surface area contributed by atoms with Crippen molar-refractivity contribution < 1.29 is 29.0 Å². The molecular formula is C29H40N2O6S. The van der Waals surface area contributed by atoms with Crippen LogP contribution in [0.4, 0.5) is 5.69 Å². The zero-order chi connectivity index (χ0) is 27.8. The Bertz CT molecular complexity index is 1080. The van der Waals surface area contributed by atoms with Crippen LogP contribution in [-0.4, -0.2) is 76.2 Å². The molecule has 38 heavy (non-hydrogen) atoms. The number of likely N-dealkylation sites (tertiary alicyclic amines) is 1. The molecule has 0 radical (unpaired) electrons. The maximum Gasteiger partial charge on any atom is 0.311 e. The van der Waals surface area contributed by atoms with Crippen molar-refractivity contribution in [3.8, 4) is 5.75 Å². The third kappa shape index (κ3) is 4.31. The lowest BCUT2D eigenvalue weighted by Gasteiger charge is -2.41. The fraction of sp³-hybridized carbons (Fsp3) is 0.621. The lowest BCUT2D eigenvalue weighted by Crippen LogP contribution is -2.58. The predicted octanol–water partition coefficient (Wildman–Crippen LogP) is 3.67. The molecule has 1 aromatic rings. The number of esters is 1. The van der Waals surface area contributed by atoms with E-state index in [0.717, 1.165) is 6.42 Å². The first-order valence-corrected chi connectivity index (χ1v) is 14.3. The Hall–Kier alpha value is -2.52. The first-order chi connectivity index (χ1) is 18.1. The summed E-state index contributed by atoms with van der Waals surface area (Å²) in [5.74, 6) is -1.53. The number of hydrogen-bond donors (Lipinski definition) is 1. The normalized spacial score (nSPS) is 31.1. The Kier molecular flexibility index (Phi) is 8.19. The number of ether oxygens (including phenoxy) is 2. The van der Waals surface area contributed by atoms with Crippen LogP contribution in [0.2, 0.25) is 0 Å². The number of hydrogen-bond acceptors (Lipinski definition) is 7. The largest absolute Gasteiger partial charge is 0.497 e. The van der Waals surface area contributed by atoms with E-state index in [1.807, 2.05) is 32.9 Å². The molecule has 1 spiro atoms. The zero-order valence-electron chi connectivity index (χ0n) is 23.0. The molecule has 7 atom stereocenters. The van der Waals surface area contributed by atoms with Crippen molar-refractivity contribution in [1.29, 1.82) is 0 Å². The van der Waals surface area contributed by atoms with E-state index in [1.165, 1.54) is 0 Å². The fourth-order valence-electron chi connectivity index (χ4n) is 6.77. The molecule has 3 aliphatic rings. The maximum absolute atomic E-state index is 14.7. The van der Waals surface area contributed by atoms with Gasteiger partial charge in [0.2, 0.25) is 5.91 Å². The van der Waals surface area contributed by atoms with Crippen LogP contribution in [0.15, 0.2) is 36.9 Å². The minimum absolute atomic E-state index is 0.0397. The van der Waals surface area contributed by atoms with Crippen LogP contribution in [0.5, 0.6) is 5.75 Å². The van der Waals surface area contributed by atoms with Gasteiger partial charge < -0.3 is 24.4 Å². The lowest BCUT2D eigenvalue weighted by atomic mass is 9.66. The fourth-order valence-corrected chi connectivity index (χ4v) is 9.09. The molecule has 3 heterocycles. The van der Waals surface area contributed by atoms with Gasteiger partial charge in [-0.25, -0.2) is 0 Å². The molecule has 4 rings (SSSR count). The number of aliphatic hydroxyl groups excluding tert-OH is 1. The molecule has 2 amide bonds. The van der Waals surface area contributed by atoms with E-state index < -0.39 is 33.4 Å². The van der Waals surface area contributed by atoms with Crippen molar-refractivity contribution in [2.24, 2.45) is 17.8 Å². The Morgan fingerprint density at radius 3 is 2.53 bits per heavy atom. The second kappa shape index (κ2) is 10.9. The van der Waals surface area contributed by atoms with Gasteiger partial charge in [0.25, 0.3) is 5.91 Å². The summed E-state index contributed by atoms with van der Waals surface area (Å²) in [5, 5.41) is 10.5. The van der Waals surface area contributed by atoms with Gasteiger partial charge in [-0.1, -0.05) is 26.3 Å². The third-order valence-electron chi connectivity index (χ3n) is 8.80. The second-order valence-corrected chi connectivity index (χ2v) is 12.7. The molecule has 0 saturated carbocycles. The first kappa shape index (κ1) is 28.5. The summed E-state index contributed by atoms with van der Waals surface area (Å²) >= 11 is 1.60. The minimum Gasteiger partial charge on any atom is -0.497 e. The number of amides is 2. The minimum atomic E-state index is -0.834. The van der Waals surface area contributed by atoms with Crippen molar-refractivity contribution in [3.63, 3.8) is 0 Å². The SMILES string of the molecule is C=CCN(C(=O)C1N([C@@H](CO)[C@@H](C)CC)C(=O)[C@@H]2[C@@H](C(=O)OCC)[C@@]3(C)CCC12S3)c1ccc(OC)cc1. The van der Waals surface area contributed by atoms with Gasteiger partial charge in [-0.05, 0) is 56.9 Å². The molecule has 3 fully saturated rings. The van der Waals surface area contributed by atoms with Crippen molar-refractivity contribution in [2.45, 2.75) is 68.5 Å². The van der Waals surface area contributed by atoms with Gasteiger partial charge in [0, 0.05) is 17.0 Å². The van der Waals surface area contributed by atoms with Crippen LogP contribution in [0.1, 0.15) is 47.0 Å². The van der Waals surface area contributed by atoms with Gasteiger partial charge in [0.05, 0.1) is 42.9 Å². The molecule has 8 nitrogen and oxygen atoms in total. The summed E-state index contributed by atoms with van der Waals surface area (Å²) in [5.41, 5.74) is 0.665. The Labute approximate surface area is 229 Å². The number of carbonyl (C=O) groups is 3. The molecule has 9 heteroatoms. The summed E-state index contributed by atoms with van der Waals surface area (Å²) in [7, 11) is 1.58. The number of carbonyl (C=O) groups excluding carboxylic acids is 3. The number of fused-ring (bicyclic) bond motifs is 1. The van der Waals surface area contributed by atoms with Crippen molar-refractivity contribution in [3.05, 3.63) is 36.9 Å². The average Bonchev–Trinajstić information content (AvgIpc) is 3.48. The van der Waals surface area contributed by atoms with Crippen LogP contribution in [0.3, 0.4) is 0 Å². The van der Waals surface area contributed by atoms with Crippen LogP contribution in [0, 0.1) is 17.8 Å². The highest BCUT2D eigenvalue weighted by Gasteiger charge is 2.78. The first-order valence-electron chi connectivity index (χ1n) is 13.5. The number of nitrogens with zero attached hydrogens (tertiary/aromatic N) is 2. The highest BCUT2D eigenvalue weighted by atomic mass is 32.2. The number of thioether (sulfide) groups is 1. The van der Waals surface area contributed by atoms with Gasteiger partial charge in [-0.3, -0.25) is 14.4 Å². The summed E-state index contributed by atoms with van der Waals surface area (Å²) in [6.07, 6.45) is 3.74. The summed E-state index contributed by atoms with van der Waals surface area (Å²) in [4.78, 5) is 45.6. The van der Waals surface area contributed by atoms with Gasteiger partial charge >= 0.3 is 5.97 Å². The standard InChI is InChI=1S/C29H40N2O6S/c1-7-16-30(19-10-12-20(36-6)13-11-19)26(34)24-29-15-14-28(5,38-29)23(27(35)37-9-3)22(29)25(33)31(24)21(17-32)18(4)8-2/h7,10-13,18,21-24,32H,1,8-9,14-17H2,2-6H3/t18-,21-,22-,23-,24?,28+,29?/m0/s1. The number of rotatable bonds is 11. The van der Waals surface area contributed by atoms with Crippen molar-refractivity contribution in [1.82, 2.24) is 4.90 Å². The zero-order valence-corrected chi connectivity index (χ0v) is 23.8. The van der Waals surface area contributed by atoms with E-state index in [0.29, 0.717) is 24.3 Å². The smallest absolute Gasteiger partial charge is 0.311 e. The van der Waals surface area contributed by atoms with Gasteiger partial charge in [-0.2, -0.15) is 0 Å². The van der Waals surface area contributed by atoms with Crippen molar-refractivity contribution >= 4 is 35.2 Å². The molecule has 2 bridgehead atoms. The number of methoxy groups -OCH3 is 1. The number of aliphatic hydroxyl groups is 1. The van der Waals surface area contributed by atoms with Crippen LogP contribution >= 0.6 is 11.8 Å². The van der Waals surface area contributed by atoms with E-state index in [-0.39, 0.29) is 43.5 Å². The van der Waals surface area contributed by atoms with Crippen LogP contribution in [-0.2, 0) is 19.1 Å². The summed E-state index contributed by atoms with van der Waals surface area (Å²) in [6, 6.07) is 5.84. The van der Waals surface area contributed by atoms with Gasteiger partial charge in [-0.15, -0.1) is 18.3 Å². The van der Waals surface area contributed by atoms with E-state index >= 15 is 0 Å². The summed E-state index contributed by atoms with van der Waals surface area (Å²) < 4.78 is 9.48. The molecule has 208 valence electrons. The van der Waals surface area contributed by atoms with Gasteiger partial charge in [0.1, 0.15) is 11.8 Å².